The molecule has 0 spiro atoms. The lowest BCUT2D eigenvalue weighted by Gasteiger charge is -2.33. The first-order valence-corrected chi connectivity index (χ1v) is 9.30. The normalized spacial score (nSPS) is 16.9. The van der Waals surface area contributed by atoms with Crippen LogP contribution in [0.1, 0.15) is 40.6 Å². The van der Waals surface area contributed by atoms with E-state index in [4.69, 9.17) is 4.98 Å². The molecule has 1 aromatic carbocycles. The number of pyridine rings is 1. The first-order valence-electron chi connectivity index (χ1n) is 9.30. The van der Waals surface area contributed by atoms with Crippen molar-refractivity contribution in [3.05, 3.63) is 78.1 Å². The van der Waals surface area contributed by atoms with Crippen molar-refractivity contribution in [1.82, 2.24) is 19.9 Å². The molecule has 4 rings (SSSR count). The molecule has 5 heteroatoms. The number of likely N-dealkylation sites (tertiary alicyclic amines) is 1. The van der Waals surface area contributed by atoms with Crippen LogP contribution in [0.3, 0.4) is 0 Å². The van der Waals surface area contributed by atoms with Gasteiger partial charge in [0.1, 0.15) is 5.82 Å². The van der Waals surface area contributed by atoms with Crippen LogP contribution < -0.4 is 0 Å². The SMILES string of the molecule is Cc1ncc(-c2ccncc2)c([C@@H]2CCCN(C(=O)c3ccccc3)C2)n1. The number of amides is 1. The van der Waals surface area contributed by atoms with Crippen LogP contribution >= 0.6 is 0 Å². The van der Waals surface area contributed by atoms with Gasteiger partial charge in [0.25, 0.3) is 5.91 Å². The Morgan fingerprint density at radius 3 is 2.67 bits per heavy atom. The van der Waals surface area contributed by atoms with Crippen LogP contribution in [0.4, 0.5) is 0 Å². The lowest BCUT2D eigenvalue weighted by Crippen LogP contribution is -2.39. The van der Waals surface area contributed by atoms with Gasteiger partial charge in [-0.1, -0.05) is 18.2 Å². The van der Waals surface area contributed by atoms with Crippen molar-refractivity contribution in [3.8, 4) is 11.1 Å². The number of hydrogen-bond donors (Lipinski definition) is 0. The fourth-order valence-corrected chi connectivity index (χ4v) is 3.70. The maximum atomic E-state index is 12.9. The minimum atomic E-state index is 0.0940. The molecule has 3 aromatic rings. The summed E-state index contributed by atoms with van der Waals surface area (Å²) in [5, 5.41) is 0. The highest BCUT2D eigenvalue weighted by Crippen LogP contribution is 2.33. The Labute approximate surface area is 159 Å². The molecular formula is C22H22N4O. The summed E-state index contributed by atoms with van der Waals surface area (Å²) in [5.74, 6) is 1.06. The zero-order chi connectivity index (χ0) is 18.6. The van der Waals surface area contributed by atoms with E-state index >= 15 is 0 Å². The van der Waals surface area contributed by atoms with Gasteiger partial charge < -0.3 is 4.90 Å². The summed E-state index contributed by atoms with van der Waals surface area (Å²) >= 11 is 0. The van der Waals surface area contributed by atoms with Gasteiger partial charge in [-0.15, -0.1) is 0 Å². The van der Waals surface area contributed by atoms with Crippen molar-refractivity contribution in [1.29, 1.82) is 0 Å². The number of rotatable bonds is 3. The molecule has 3 heterocycles. The Bertz CT molecular complexity index is 928. The van der Waals surface area contributed by atoms with Gasteiger partial charge in [0.05, 0.1) is 5.69 Å². The van der Waals surface area contributed by atoms with Crippen LogP contribution in [-0.4, -0.2) is 38.8 Å². The van der Waals surface area contributed by atoms with Gasteiger partial charge in [0.15, 0.2) is 0 Å². The van der Waals surface area contributed by atoms with E-state index in [0.29, 0.717) is 6.54 Å². The lowest BCUT2D eigenvalue weighted by molar-refractivity contribution is 0.0706. The van der Waals surface area contributed by atoms with Crippen molar-refractivity contribution in [2.45, 2.75) is 25.7 Å². The molecule has 5 nitrogen and oxygen atoms in total. The summed E-state index contributed by atoms with van der Waals surface area (Å²) < 4.78 is 0. The van der Waals surface area contributed by atoms with Crippen LogP contribution in [0.25, 0.3) is 11.1 Å². The zero-order valence-electron chi connectivity index (χ0n) is 15.4. The maximum absolute atomic E-state index is 12.9. The Kier molecular flexibility index (Phi) is 4.92. The average Bonchev–Trinajstić information content (AvgIpc) is 2.74. The van der Waals surface area contributed by atoms with Crippen LogP contribution in [0.2, 0.25) is 0 Å². The molecule has 1 aliphatic rings. The second-order valence-corrected chi connectivity index (χ2v) is 6.91. The highest BCUT2D eigenvalue weighted by molar-refractivity contribution is 5.94. The van der Waals surface area contributed by atoms with Crippen molar-refractivity contribution < 1.29 is 4.79 Å². The Balaban J connectivity index is 1.64. The molecule has 1 fully saturated rings. The molecule has 1 amide bonds. The van der Waals surface area contributed by atoms with E-state index < -0.39 is 0 Å². The highest BCUT2D eigenvalue weighted by atomic mass is 16.2. The fraction of sp³-hybridized carbons (Fsp3) is 0.273. The minimum absolute atomic E-state index is 0.0940. The molecule has 1 saturated heterocycles. The van der Waals surface area contributed by atoms with Crippen LogP contribution in [0.15, 0.2) is 61.1 Å². The van der Waals surface area contributed by atoms with Gasteiger partial charge in [-0.05, 0) is 49.6 Å². The second-order valence-electron chi connectivity index (χ2n) is 6.91. The molecule has 136 valence electrons. The molecule has 0 unspecified atom stereocenters. The van der Waals surface area contributed by atoms with E-state index in [1.165, 1.54) is 0 Å². The first-order chi connectivity index (χ1) is 13.2. The van der Waals surface area contributed by atoms with Gasteiger partial charge in [-0.25, -0.2) is 9.97 Å². The number of carbonyl (C=O) groups excluding carboxylic acids is 1. The summed E-state index contributed by atoms with van der Waals surface area (Å²) in [4.78, 5) is 28.1. The van der Waals surface area contributed by atoms with Crippen molar-refractivity contribution in [3.63, 3.8) is 0 Å². The van der Waals surface area contributed by atoms with Crippen molar-refractivity contribution in [2.75, 3.05) is 13.1 Å². The lowest BCUT2D eigenvalue weighted by atomic mass is 9.89. The van der Waals surface area contributed by atoms with Crippen LogP contribution in [0, 0.1) is 6.92 Å². The van der Waals surface area contributed by atoms with E-state index in [2.05, 4.69) is 9.97 Å². The molecule has 27 heavy (non-hydrogen) atoms. The largest absolute Gasteiger partial charge is 0.338 e. The Hall–Kier alpha value is -3.08. The molecule has 1 aliphatic heterocycles. The first kappa shape index (κ1) is 17.3. The molecular weight excluding hydrogens is 336 g/mol. The Morgan fingerprint density at radius 2 is 1.89 bits per heavy atom. The number of aryl methyl sites for hydroxylation is 1. The molecule has 0 radical (unpaired) electrons. The van der Waals surface area contributed by atoms with E-state index in [9.17, 15) is 4.79 Å². The summed E-state index contributed by atoms with van der Waals surface area (Å²) in [6.07, 6.45) is 7.45. The number of benzene rings is 1. The molecule has 1 atom stereocenters. The maximum Gasteiger partial charge on any atom is 0.253 e. The molecule has 2 aromatic heterocycles. The van der Waals surface area contributed by atoms with E-state index in [0.717, 1.165) is 47.6 Å². The topological polar surface area (TPSA) is 59.0 Å². The molecule has 0 bridgehead atoms. The number of aromatic nitrogens is 3. The van der Waals surface area contributed by atoms with E-state index in [1.54, 1.807) is 12.4 Å². The summed E-state index contributed by atoms with van der Waals surface area (Å²) in [7, 11) is 0. The highest BCUT2D eigenvalue weighted by Gasteiger charge is 2.28. The average molecular weight is 358 g/mol. The predicted molar refractivity (Wildman–Crippen MR) is 104 cm³/mol. The van der Waals surface area contributed by atoms with Gasteiger partial charge >= 0.3 is 0 Å². The zero-order valence-corrected chi connectivity index (χ0v) is 15.4. The third-order valence-electron chi connectivity index (χ3n) is 5.05. The summed E-state index contributed by atoms with van der Waals surface area (Å²) in [6.45, 7) is 3.39. The quantitative estimate of drug-likeness (QED) is 0.713. The van der Waals surface area contributed by atoms with Gasteiger partial charge in [0, 0.05) is 48.7 Å². The second kappa shape index (κ2) is 7.66. The van der Waals surface area contributed by atoms with Crippen molar-refractivity contribution in [2.24, 2.45) is 0 Å². The van der Waals surface area contributed by atoms with E-state index in [-0.39, 0.29) is 11.8 Å². The standard InChI is InChI=1S/C22H22N4O/c1-16-24-14-20(17-9-11-23-12-10-17)21(25-16)19-8-5-13-26(15-19)22(27)18-6-3-2-4-7-18/h2-4,6-7,9-12,14,19H,5,8,13,15H2,1H3/t19-/m1/s1. The van der Waals surface area contributed by atoms with Gasteiger partial charge in [0.2, 0.25) is 0 Å². The molecule has 0 aliphatic carbocycles. The smallest absolute Gasteiger partial charge is 0.253 e. The van der Waals surface area contributed by atoms with E-state index in [1.807, 2.05) is 60.5 Å². The minimum Gasteiger partial charge on any atom is -0.338 e. The third kappa shape index (κ3) is 3.72. The van der Waals surface area contributed by atoms with Crippen molar-refractivity contribution >= 4 is 5.91 Å². The number of piperidine rings is 1. The van der Waals surface area contributed by atoms with Gasteiger partial charge in [-0.3, -0.25) is 9.78 Å². The number of carbonyl (C=O) groups is 1. The van der Waals surface area contributed by atoms with Crippen LogP contribution in [-0.2, 0) is 0 Å². The molecule has 0 saturated carbocycles. The predicted octanol–water partition coefficient (Wildman–Crippen LogP) is 3.87. The number of hydrogen-bond acceptors (Lipinski definition) is 4. The van der Waals surface area contributed by atoms with Gasteiger partial charge in [-0.2, -0.15) is 0 Å². The third-order valence-corrected chi connectivity index (χ3v) is 5.05. The number of nitrogens with zero attached hydrogens (tertiary/aromatic N) is 4. The Morgan fingerprint density at radius 1 is 1.11 bits per heavy atom. The molecule has 0 N–H and O–H groups in total. The fourth-order valence-electron chi connectivity index (χ4n) is 3.70. The monoisotopic (exact) mass is 358 g/mol. The summed E-state index contributed by atoms with van der Waals surface area (Å²) in [5.41, 5.74) is 3.86. The summed E-state index contributed by atoms with van der Waals surface area (Å²) in [6, 6.07) is 13.5. The van der Waals surface area contributed by atoms with Crippen LogP contribution in [0.5, 0.6) is 0 Å².